The number of allylic oxidation sites excluding steroid dienone is 4. The van der Waals surface area contributed by atoms with Crippen molar-refractivity contribution in [1.29, 1.82) is 0 Å². The van der Waals surface area contributed by atoms with Gasteiger partial charge in [0.1, 0.15) is 0 Å². The van der Waals surface area contributed by atoms with E-state index in [9.17, 15) is 0 Å². The monoisotopic (exact) mass is 855 g/mol. The molecular formula is C66H49N. The Balaban J connectivity index is 0.875. The van der Waals surface area contributed by atoms with Crippen LogP contribution in [0.4, 0.5) is 17.1 Å². The van der Waals surface area contributed by atoms with Crippen LogP contribution in [0.15, 0.2) is 199 Å². The predicted octanol–water partition coefficient (Wildman–Crippen LogP) is 16.3. The van der Waals surface area contributed by atoms with E-state index in [1.54, 1.807) is 5.56 Å². The molecule has 318 valence electrons. The van der Waals surface area contributed by atoms with Crippen LogP contribution in [0.25, 0.3) is 49.7 Å². The third kappa shape index (κ3) is 4.32. The number of fused-ring (bicyclic) bond motifs is 12. The Kier molecular flexibility index (Phi) is 6.87. The maximum Gasteiger partial charge on any atom is 0.0732 e. The largest absolute Gasteiger partial charge is 0.310 e. The molecule has 0 N–H and O–H groups in total. The minimum absolute atomic E-state index is 0.131. The van der Waals surface area contributed by atoms with Crippen molar-refractivity contribution in [1.82, 2.24) is 0 Å². The van der Waals surface area contributed by atoms with E-state index in [0.29, 0.717) is 10.8 Å². The molecule has 1 nitrogen and oxygen atoms in total. The first-order valence-electron chi connectivity index (χ1n) is 24.8. The summed E-state index contributed by atoms with van der Waals surface area (Å²) in [6.45, 7) is 4.78. The molecule has 2 spiro atoms. The zero-order valence-corrected chi connectivity index (χ0v) is 38.0. The quantitative estimate of drug-likeness (QED) is 0.156. The van der Waals surface area contributed by atoms with E-state index in [2.05, 4.69) is 212 Å². The smallest absolute Gasteiger partial charge is 0.0732 e. The fourth-order valence-electron chi connectivity index (χ4n) is 16.7. The van der Waals surface area contributed by atoms with E-state index in [1.807, 2.05) is 0 Å². The van der Waals surface area contributed by atoms with Crippen LogP contribution in [0, 0.1) is 23.2 Å². The number of hydrogen-bond donors (Lipinski definition) is 0. The number of anilines is 3. The van der Waals surface area contributed by atoms with Gasteiger partial charge in [-0.3, -0.25) is 0 Å². The molecule has 0 aliphatic heterocycles. The van der Waals surface area contributed by atoms with E-state index >= 15 is 0 Å². The van der Waals surface area contributed by atoms with Crippen LogP contribution in [-0.4, -0.2) is 0 Å². The SMILES string of the molecule is CC1(C)c2ccccc2-c2ccc(N(c3ccc(-c4ccc(C56CC7CC8CC(C5)C86C7)cc4)cc3)c3ccc4c(c3)C3(C5=C(C=C=C=C5)c5ccccc53)c3cccc5cccc-4c35)cc21. The molecule has 0 saturated heterocycles. The van der Waals surface area contributed by atoms with Crippen LogP contribution in [-0.2, 0) is 16.2 Å². The van der Waals surface area contributed by atoms with Gasteiger partial charge in [-0.15, -0.1) is 0 Å². The number of nitrogens with zero attached hydrogens (tertiary/aromatic N) is 1. The van der Waals surface area contributed by atoms with E-state index in [4.69, 9.17) is 0 Å². The first kappa shape index (κ1) is 37.0. The van der Waals surface area contributed by atoms with Gasteiger partial charge in [0.2, 0.25) is 0 Å². The van der Waals surface area contributed by atoms with Gasteiger partial charge in [-0.1, -0.05) is 159 Å². The number of hydrogen-bond acceptors (Lipinski definition) is 1. The summed E-state index contributed by atoms with van der Waals surface area (Å²) in [5, 5.41) is 2.61. The third-order valence-electron chi connectivity index (χ3n) is 19.2. The van der Waals surface area contributed by atoms with E-state index < -0.39 is 5.41 Å². The second-order valence-electron chi connectivity index (χ2n) is 22.0. The molecule has 4 saturated carbocycles. The summed E-state index contributed by atoms with van der Waals surface area (Å²) in [6, 6.07) is 65.6. The van der Waals surface area contributed by atoms with Crippen molar-refractivity contribution < 1.29 is 0 Å². The van der Waals surface area contributed by atoms with E-state index in [0.717, 1.165) is 34.8 Å². The molecule has 1 heteroatoms. The lowest BCUT2D eigenvalue weighted by Crippen LogP contribution is -2.68. The summed E-state index contributed by atoms with van der Waals surface area (Å²) >= 11 is 0. The van der Waals surface area contributed by atoms with Gasteiger partial charge < -0.3 is 4.90 Å². The molecule has 2 bridgehead atoms. The lowest BCUT2D eigenvalue weighted by Gasteiger charge is -2.73. The topological polar surface area (TPSA) is 3.24 Å². The highest BCUT2D eigenvalue weighted by atomic mass is 15.1. The molecule has 8 aromatic rings. The Morgan fingerprint density at radius 3 is 1.88 bits per heavy atom. The minimum atomic E-state index is -0.544. The summed E-state index contributed by atoms with van der Waals surface area (Å²) in [4.78, 5) is 2.52. The molecule has 16 rings (SSSR count). The summed E-state index contributed by atoms with van der Waals surface area (Å²) in [5.74, 6) is 2.97. The first-order valence-corrected chi connectivity index (χ1v) is 24.8. The zero-order chi connectivity index (χ0) is 44.0. The van der Waals surface area contributed by atoms with Crippen LogP contribution < -0.4 is 4.90 Å². The first-order chi connectivity index (χ1) is 32.9. The minimum Gasteiger partial charge on any atom is -0.310 e. The van der Waals surface area contributed by atoms with Crippen molar-refractivity contribution >= 4 is 33.4 Å². The van der Waals surface area contributed by atoms with E-state index in [1.165, 1.54) is 121 Å². The second-order valence-corrected chi connectivity index (χ2v) is 22.0. The van der Waals surface area contributed by atoms with Crippen LogP contribution >= 0.6 is 0 Å². The Labute approximate surface area is 393 Å². The molecule has 8 aliphatic carbocycles. The van der Waals surface area contributed by atoms with Gasteiger partial charge >= 0.3 is 0 Å². The molecule has 8 aromatic carbocycles. The second kappa shape index (κ2) is 12.4. The Morgan fingerprint density at radius 2 is 1.10 bits per heavy atom. The van der Waals surface area contributed by atoms with Gasteiger partial charge in [-0.2, -0.15) is 0 Å². The summed E-state index contributed by atoms with van der Waals surface area (Å²) in [5.41, 5.74) is 30.6. The molecule has 8 aliphatic rings. The van der Waals surface area contributed by atoms with Gasteiger partial charge in [0.15, 0.2) is 0 Å². The molecule has 0 radical (unpaired) electrons. The number of rotatable bonds is 5. The van der Waals surface area contributed by atoms with Gasteiger partial charge in [0.05, 0.1) is 5.41 Å². The number of benzene rings is 8. The van der Waals surface area contributed by atoms with Gasteiger partial charge in [0, 0.05) is 27.9 Å². The average molecular weight is 856 g/mol. The molecule has 0 aromatic heterocycles. The third-order valence-corrected chi connectivity index (χ3v) is 19.2. The van der Waals surface area contributed by atoms with Crippen molar-refractivity contribution in [3.63, 3.8) is 0 Å². The fourth-order valence-corrected chi connectivity index (χ4v) is 16.7. The lowest BCUT2D eigenvalue weighted by atomic mass is 9.31. The van der Waals surface area contributed by atoms with E-state index in [-0.39, 0.29) is 5.41 Å². The maximum atomic E-state index is 3.43. The fraction of sp³-hybridized carbons (Fsp3) is 0.212. The molecule has 0 heterocycles. The van der Waals surface area contributed by atoms with Crippen molar-refractivity contribution in [3.05, 3.63) is 238 Å². The van der Waals surface area contributed by atoms with Crippen LogP contribution in [0.3, 0.4) is 0 Å². The van der Waals surface area contributed by atoms with Gasteiger partial charge in [-0.25, -0.2) is 0 Å². The van der Waals surface area contributed by atoms with Crippen LogP contribution in [0.5, 0.6) is 0 Å². The normalized spacial score (nSPS) is 27.0. The summed E-state index contributed by atoms with van der Waals surface area (Å²) in [7, 11) is 0. The average Bonchev–Trinajstić information content (AvgIpc) is 4.05. The van der Waals surface area contributed by atoms with Crippen molar-refractivity contribution in [2.24, 2.45) is 23.2 Å². The Bertz CT molecular complexity index is 3690. The van der Waals surface area contributed by atoms with Gasteiger partial charge in [0.25, 0.3) is 0 Å². The van der Waals surface area contributed by atoms with Crippen molar-refractivity contribution in [2.75, 3.05) is 4.90 Å². The molecule has 6 unspecified atom stereocenters. The van der Waals surface area contributed by atoms with Crippen molar-refractivity contribution in [3.8, 4) is 33.4 Å². The summed E-state index contributed by atoms with van der Waals surface area (Å²) in [6.07, 6.45) is 11.7. The Hall–Kier alpha value is -7.14. The lowest BCUT2D eigenvalue weighted by molar-refractivity contribution is -0.198. The van der Waals surface area contributed by atoms with Crippen LogP contribution in [0.1, 0.15) is 84.9 Å². The zero-order valence-electron chi connectivity index (χ0n) is 38.0. The highest BCUT2D eigenvalue weighted by Crippen LogP contribution is 2.86. The highest BCUT2D eigenvalue weighted by molar-refractivity contribution is 6.08. The molecule has 0 amide bonds. The molecule has 4 fully saturated rings. The Morgan fingerprint density at radius 1 is 0.478 bits per heavy atom. The van der Waals surface area contributed by atoms with Gasteiger partial charge in [-0.05, 0) is 198 Å². The molecule has 6 atom stereocenters. The standard InChI is InChI=1S/C66H49N/c1-63(2)56-17-6-3-13-50(56)53-31-29-48(35-60(53)63)67(47-27-23-42(24-28-47)41-21-25-44(26-22-41)64-37-40-33-45-34-46(39-64)65(45,64)38-40)49-30-32-54-55-16-9-11-43-12-10-20-59(62(43)55)66(61(54)36-49)57-18-7-4-14-51(57)52-15-5-8-19-58(52)66/h3-4,6-7,9-32,35-36,40,45-46H,33-34,37-39H2,1-2H3. The molecular weight excluding hydrogens is 807 g/mol. The predicted molar refractivity (Wildman–Crippen MR) is 274 cm³/mol. The molecule has 67 heavy (non-hydrogen) atoms. The van der Waals surface area contributed by atoms with Crippen molar-refractivity contribution in [2.45, 2.75) is 62.2 Å². The maximum absolute atomic E-state index is 3.43. The highest BCUT2D eigenvalue weighted by Gasteiger charge is 2.80. The van der Waals surface area contributed by atoms with Crippen LogP contribution in [0.2, 0.25) is 0 Å². The summed E-state index contributed by atoms with van der Waals surface area (Å²) < 4.78 is 0.